The summed E-state index contributed by atoms with van der Waals surface area (Å²) in [5.74, 6) is -1.47. The fourth-order valence-electron chi connectivity index (χ4n) is 3.52. The Morgan fingerprint density at radius 2 is 1.76 bits per heavy atom. The van der Waals surface area contributed by atoms with E-state index in [0.717, 1.165) is 5.56 Å². The van der Waals surface area contributed by atoms with Gasteiger partial charge in [0, 0.05) is 17.1 Å². The van der Waals surface area contributed by atoms with E-state index in [4.69, 9.17) is 16.3 Å². The van der Waals surface area contributed by atoms with Crippen LogP contribution < -0.4 is 5.32 Å². The van der Waals surface area contributed by atoms with Crippen LogP contribution in [0.5, 0.6) is 0 Å². The van der Waals surface area contributed by atoms with Gasteiger partial charge in [0.1, 0.15) is 11.1 Å². The van der Waals surface area contributed by atoms with Crippen molar-refractivity contribution in [1.29, 1.82) is 0 Å². The number of ether oxygens (including phenoxy) is 1. The lowest BCUT2D eigenvalue weighted by Crippen LogP contribution is -2.44. The van der Waals surface area contributed by atoms with E-state index in [1.54, 1.807) is 67.6 Å². The first kappa shape index (κ1) is 26.4. The normalized spacial score (nSPS) is 16.5. The molecule has 0 spiro atoms. The molecule has 1 aliphatic heterocycles. The smallest absolute Gasteiger partial charge is 0.338 e. The van der Waals surface area contributed by atoms with E-state index in [0.29, 0.717) is 27.1 Å². The first-order valence-electron chi connectivity index (χ1n) is 11.5. The number of rotatable bonds is 7. The third kappa shape index (κ3) is 6.96. The quantitative estimate of drug-likeness (QED) is 0.382. The molecule has 1 heterocycles. The van der Waals surface area contributed by atoms with Crippen molar-refractivity contribution in [1.82, 2.24) is 4.90 Å². The van der Waals surface area contributed by atoms with Crippen molar-refractivity contribution < 1.29 is 23.5 Å². The van der Waals surface area contributed by atoms with Crippen molar-refractivity contribution in [2.24, 2.45) is 4.99 Å². The summed E-state index contributed by atoms with van der Waals surface area (Å²) in [4.78, 5) is 44.2. The standard InChI is InChI=1S/C27H23ClFN3O4S/c1-2-36-26(35)18-5-11-21(12-6-18)30-25(34)23-15-24(33)32(16-17-3-9-20(29)10-4-17)27(37-23)31-22-13-7-19(28)8-14-22/h3-14,23H,2,15-16H2,1H3,(H,30,34). The molecule has 3 aromatic rings. The minimum absolute atomic E-state index is 0.0434. The number of esters is 1. The monoisotopic (exact) mass is 539 g/mol. The minimum atomic E-state index is -0.729. The van der Waals surface area contributed by atoms with Crippen LogP contribution in [-0.2, 0) is 20.9 Å². The Labute approximate surface area is 222 Å². The summed E-state index contributed by atoms with van der Waals surface area (Å²) < 4.78 is 18.3. The van der Waals surface area contributed by atoms with Crippen molar-refractivity contribution in [3.8, 4) is 0 Å². The summed E-state index contributed by atoms with van der Waals surface area (Å²) in [6, 6.07) is 19.0. The molecule has 4 rings (SSSR count). The topological polar surface area (TPSA) is 88.1 Å². The van der Waals surface area contributed by atoms with Crippen molar-refractivity contribution >= 4 is 57.7 Å². The van der Waals surface area contributed by atoms with E-state index in [2.05, 4.69) is 10.3 Å². The summed E-state index contributed by atoms with van der Waals surface area (Å²) in [7, 11) is 0. The molecule has 37 heavy (non-hydrogen) atoms. The molecule has 0 saturated carbocycles. The number of nitrogens with one attached hydrogen (secondary N) is 1. The number of anilines is 1. The summed E-state index contributed by atoms with van der Waals surface area (Å²) in [6.07, 6.45) is -0.0434. The number of hydrogen-bond donors (Lipinski definition) is 1. The lowest BCUT2D eigenvalue weighted by Gasteiger charge is -2.32. The second kappa shape index (κ2) is 12.0. The largest absolute Gasteiger partial charge is 0.462 e. The van der Waals surface area contributed by atoms with Crippen LogP contribution in [0.2, 0.25) is 5.02 Å². The van der Waals surface area contributed by atoms with Crippen LogP contribution in [0.15, 0.2) is 77.8 Å². The van der Waals surface area contributed by atoms with Crippen LogP contribution in [0.4, 0.5) is 15.8 Å². The number of halogens is 2. The number of thioether (sulfide) groups is 1. The van der Waals surface area contributed by atoms with Crippen molar-refractivity contribution in [2.75, 3.05) is 11.9 Å². The van der Waals surface area contributed by atoms with Gasteiger partial charge in [-0.3, -0.25) is 14.5 Å². The zero-order valence-electron chi connectivity index (χ0n) is 19.8. The van der Waals surface area contributed by atoms with E-state index in [1.807, 2.05) is 0 Å². The molecule has 0 bridgehead atoms. The molecule has 3 aromatic carbocycles. The van der Waals surface area contributed by atoms with E-state index < -0.39 is 11.2 Å². The molecule has 1 N–H and O–H groups in total. The van der Waals surface area contributed by atoms with Gasteiger partial charge in [-0.2, -0.15) is 0 Å². The first-order chi connectivity index (χ1) is 17.8. The maximum absolute atomic E-state index is 13.4. The van der Waals surface area contributed by atoms with Crippen LogP contribution in [0, 0.1) is 5.82 Å². The highest BCUT2D eigenvalue weighted by atomic mass is 35.5. The minimum Gasteiger partial charge on any atom is -0.462 e. The predicted octanol–water partition coefficient (Wildman–Crippen LogP) is 5.82. The highest BCUT2D eigenvalue weighted by molar-refractivity contribution is 8.15. The summed E-state index contributed by atoms with van der Waals surface area (Å²) in [5, 5.41) is 2.96. The highest BCUT2D eigenvalue weighted by Crippen LogP contribution is 2.31. The lowest BCUT2D eigenvalue weighted by molar-refractivity contribution is -0.129. The van der Waals surface area contributed by atoms with Gasteiger partial charge in [-0.15, -0.1) is 0 Å². The number of aliphatic imine (C=N–C) groups is 1. The zero-order valence-corrected chi connectivity index (χ0v) is 21.4. The zero-order chi connectivity index (χ0) is 26.4. The highest BCUT2D eigenvalue weighted by Gasteiger charge is 2.36. The molecule has 1 saturated heterocycles. The van der Waals surface area contributed by atoms with E-state index in [1.165, 1.54) is 28.8 Å². The number of amidine groups is 1. The number of hydrogen-bond acceptors (Lipinski definition) is 6. The number of carbonyl (C=O) groups is 3. The van der Waals surface area contributed by atoms with Crippen LogP contribution in [-0.4, -0.2) is 39.7 Å². The van der Waals surface area contributed by atoms with Gasteiger partial charge in [-0.25, -0.2) is 14.2 Å². The van der Waals surface area contributed by atoms with Gasteiger partial charge in [0.25, 0.3) is 0 Å². The first-order valence-corrected chi connectivity index (χ1v) is 12.7. The molecule has 1 unspecified atom stereocenters. The Morgan fingerprint density at radius 1 is 1.08 bits per heavy atom. The molecular formula is C27H23ClFN3O4S. The molecular weight excluding hydrogens is 517 g/mol. The second-order valence-electron chi connectivity index (χ2n) is 8.07. The molecule has 0 radical (unpaired) electrons. The number of benzene rings is 3. The molecule has 7 nitrogen and oxygen atoms in total. The van der Waals surface area contributed by atoms with Crippen molar-refractivity contribution in [3.05, 3.63) is 94.8 Å². The summed E-state index contributed by atoms with van der Waals surface area (Å²) >= 11 is 7.15. The van der Waals surface area contributed by atoms with Crippen LogP contribution in [0.25, 0.3) is 0 Å². The average molecular weight is 540 g/mol. The Bertz CT molecular complexity index is 1310. The van der Waals surface area contributed by atoms with E-state index in [9.17, 15) is 18.8 Å². The average Bonchev–Trinajstić information content (AvgIpc) is 2.89. The maximum atomic E-state index is 13.4. The fraction of sp³-hybridized carbons (Fsp3) is 0.185. The van der Waals surface area contributed by atoms with Crippen molar-refractivity contribution in [3.63, 3.8) is 0 Å². The molecule has 10 heteroatoms. The molecule has 2 amide bonds. The fourth-order valence-corrected chi connectivity index (χ4v) is 4.75. The van der Waals surface area contributed by atoms with Gasteiger partial charge in [-0.05, 0) is 73.2 Å². The lowest BCUT2D eigenvalue weighted by atomic mass is 10.1. The van der Waals surface area contributed by atoms with Gasteiger partial charge in [0.15, 0.2) is 5.17 Å². The van der Waals surface area contributed by atoms with Crippen LogP contribution in [0.3, 0.4) is 0 Å². The number of carbonyl (C=O) groups excluding carboxylic acids is 3. The third-order valence-electron chi connectivity index (χ3n) is 5.40. The SMILES string of the molecule is CCOC(=O)c1ccc(NC(=O)C2CC(=O)N(Cc3ccc(F)cc3)C(=Nc3ccc(Cl)cc3)S2)cc1. The number of nitrogens with zero attached hydrogens (tertiary/aromatic N) is 2. The number of amides is 2. The molecule has 190 valence electrons. The molecule has 0 aliphatic carbocycles. The molecule has 1 fully saturated rings. The molecule has 0 aromatic heterocycles. The molecule has 1 aliphatic rings. The van der Waals surface area contributed by atoms with Gasteiger partial charge < -0.3 is 10.1 Å². The Kier molecular flexibility index (Phi) is 8.58. The summed E-state index contributed by atoms with van der Waals surface area (Å²) in [5.41, 5.74) is 2.15. The van der Waals surface area contributed by atoms with E-state index in [-0.39, 0.29) is 37.2 Å². The van der Waals surface area contributed by atoms with E-state index >= 15 is 0 Å². The van der Waals surface area contributed by atoms with Gasteiger partial charge in [0.05, 0.1) is 24.4 Å². The summed E-state index contributed by atoms with van der Waals surface area (Å²) in [6.45, 7) is 2.17. The van der Waals surface area contributed by atoms with Crippen molar-refractivity contribution in [2.45, 2.75) is 25.1 Å². The predicted molar refractivity (Wildman–Crippen MR) is 143 cm³/mol. The van der Waals surface area contributed by atoms with Gasteiger partial charge >= 0.3 is 5.97 Å². The van der Waals surface area contributed by atoms with Crippen LogP contribution >= 0.6 is 23.4 Å². The maximum Gasteiger partial charge on any atom is 0.338 e. The van der Waals surface area contributed by atoms with Crippen LogP contribution in [0.1, 0.15) is 29.3 Å². The third-order valence-corrected chi connectivity index (χ3v) is 6.84. The molecule has 1 atom stereocenters. The second-order valence-corrected chi connectivity index (χ2v) is 9.68. The van der Waals surface area contributed by atoms with Gasteiger partial charge in [-0.1, -0.05) is 35.5 Å². The Hall–Kier alpha value is -3.69. The van der Waals surface area contributed by atoms with Gasteiger partial charge in [0.2, 0.25) is 11.8 Å². The Morgan fingerprint density at radius 3 is 2.41 bits per heavy atom. The Balaban J connectivity index is 1.53.